The molecule has 1 fully saturated rings. The molecule has 1 aromatic carbocycles. The zero-order chi connectivity index (χ0) is 25.7. The number of carbonyl (C=O) groups excluding carboxylic acids is 3. The Balaban J connectivity index is 1.95. The summed E-state index contributed by atoms with van der Waals surface area (Å²) in [7, 11) is 1.34. The van der Waals surface area contributed by atoms with Gasteiger partial charge in [-0.2, -0.15) is 0 Å². The summed E-state index contributed by atoms with van der Waals surface area (Å²) in [6.45, 7) is 6.36. The molecule has 2 amide bonds. The highest BCUT2D eigenvalue weighted by Crippen LogP contribution is 2.39. The Morgan fingerprint density at radius 1 is 1.06 bits per heavy atom. The predicted octanol–water partition coefficient (Wildman–Crippen LogP) is 3.40. The molecule has 0 spiro atoms. The fourth-order valence-corrected chi connectivity index (χ4v) is 5.48. The average Bonchev–Trinajstić information content (AvgIpc) is 3.17. The fraction of sp³-hybridized carbons (Fsp3) is 0.654. The molecule has 1 aromatic rings. The molecule has 0 aliphatic carbocycles. The third-order valence-electron chi connectivity index (χ3n) is 5.99. The van der Waals surface area contributed by atoms with Gasteiger partial charge in [0.1, 0.15) is 17.8 Å². The third kappa shape index (κ3) is 9.72. The number of para-hydroxylation sites is 1. The Hall–Kier alpha value is -2.26. The van der Waals surface area contributed by atoms with E-state index in [1.54, 1.807) is 12.1 Å². The zero-order valence-electron chi connectivity index (χ0n) is 21.4. The summed E-state index contributed by atoms with van der Waals surface area (Å²) < 4.78 is 9.95. The smallest absolute Gasteiger partial charge is 0.324 e. The normalized spacial score (nSPS) is 19.5. The Labute approximate surface area is 213 Å². The van der Waals surface area contributed by atoms with Crippen LogP contribution in [0.4, 0.5) is 0 Å². The van der Waals surface area contributed by atoms with Gasteiger partial charge in [0.2, 0.25) is 5.91 Å². The van der Waals surface area contributed by atoms with E-state index in [4.69, 9.17) is 9.47 Å². The molecule has 1 aliphatic rings. The number of ether oxygens (including phenoxy) is 2. The lowest BCUT2D eigenvalue weighted by molar-refractivity contribution is -0.143. The number of esters is 1. The second kappa shape index (κ2) is 15.0. The molecule has 3 atom stereocenters. The van der Waals surface area contributed by atoms with Crippen molar-refractivity contribution in [3.8, 4) is 5.75 Å². The van der Waals surface area contributed by atoms with Crippen molar-refractivity contribution in [1.29, 1.82) is 0 Å². The number of hydrogen-bond donors (Lipinski definition) is 3. The Bertz CT molecular complexity index is 805. The number of nitrogens with one attached hydrogen (secondary N) is 3. The lowest BCUT2D eigenvalue weighted by Gasteiger charge is -2.24. The number of methoxy groups -OCH3 is 1. The summed E-state index contributed by atoms with van der Waals surface area (Å²) in [4.78, 5) is 38.1. The Morgan fingerprint density at radius 3 is 2.37 bits per heavy atom. The maximum Gasteiger partial charge on any atom is 0.324 e. The van der Waals surface area contributed by atoms with Crippen LogP contribution in [-0.4, -0.2) is 60.2 Å². The first kappa shape index (κ1) is 29.0. The summed E-state index contributed by atoms with van der Waals surface area (Å²) in [5.74, 6) is -0.518. The molecule has 0 saturated carbocycles. The van der Waals surface area contributed by atoms with Gasteiger partial charge in [-0.1, -0.05) is 63.6 Å². The van der Waals surface area contributed by atoms with E-state index in [9.17, 15) is 14.4 Å². The van der Waals surface area contributed by atoms with Gasteiger partial charge in [0.05, 0.1) is 12.5 Å². The van der Waals surface area contributed by atoms with E-state index in [1.165, 1.54) is 44.6 Å². The van der Waals surface area contributed by atoms with Gasteiger partial charge in [-0.05, 0) is 32.4 Å². The Morgan fingerprint density at radius 2 is 1.71 bits per heavy atom. The van der Waals surface area contributed by atoms with Crippen LogP contribution in [0.1, 0.15) is 65.7 Å². The van der Waals surface area contributed by atoms with Crippen molar-refractivity contribution in [2.45, 2.75) is 87.9 Å². The summed E-state index contributed by atoms with van der Waals surface area (Å²) >= 11 is 1.44. The van der Waals surface area contributed by atoms with Crippen molar-refractivity contribution in [2.24, 2.45) is 0 Å². The minimum absolute atomic E-state index is 0.216. The highest BCUT2D eigenvalue weighted by molar-refractivity contribution is 8.01. The standard InChI is InChI=1S/C26H41N3O5S/c1-5-6-7-8-9-10-14-17-27-23(31)21(24-29-22(25(32)33-4)26(2,3)35-24)28-20(30)18-34-19-15-12-11-13-16-19/h11-13,15-16,21-22,24,29H,5-10,14,17-18H2,1-4H3,(H,27,31)(H,28,30)/t21-,22+,24+/m0/s1. The number of unbranched alkanes of at least 4 members (excludes halogenated alkanes) is 6. The quantitative estimate of drug-likeness (QED) is 0.247. The second-order valence-electron chi connectivity index (χ2n) is 9.32. The van der Waals surface area contributed by atoms with Gasteiger partial charge in [0.15, 0.2) is 6.61 Å². The van der Waals surface area contributed by atoms with Gasteiger partial charge in [0.25, 0.3) is 5.91 Å². The second-order valence-corrected chi connectivity index (χ2v) is 11.1. The number of benzene rings is 1. The minimum atomic E-state index is -0.870. The number of carbonyl (C=O) groups is 3. The van der Waals surface area contributed by atoms with E-state index in [2.05, 4.69) is 22.9 Å². The Kier molecular flexibility index (Phi) is 12.4. The first-order chi connectivity index (χ1) is 16.8. The molecule has 0 radical (unpaired) electrons. The molecule has 3 N–H and O–H groups in total. The molecular formula is C26H41N3O5S. The maximum atomic E-state index is 13.1. The van der Waals surface area contributed by atoms with Crippen LogP contribution in [0.15, 0.2) is 30.3 Å². The molecular weight excluding hydrogens is 466 g/mol. The van der Waals surface area contributed by atoms with Gasteiger partial charge in [-0.25, -0.2) is 0 Å². The van der Waals surface area contributed by atoms with Crippen molar-refractivity contribution in [2.75, 3.05) is 20.3 Å². The minimum Gasteiger partial charge on any atom is -0.484 e. The first-order valence-corrected chi connectivity index (χ1v) is 13.4. The molecule has 0 bridgehead atoms. The van der Waals surface area contributed by atoms with Crippen molar-refractivity contribution in [3.63, 3.8) is 0 Å². The van der Waals surface area contributed by atoms with E-state index in [1.807, 2.05) is 32.0 Å². The molecule has 0 aromatic heterocycles. The highest BCUT2D eigenvalue weighted by Gasteiger charge is 2.49. The van der Waals surface area contributed by atoms with E-state index in [0.717, 1.165) is 19.3 Å². The number of hydrogen-bond acceptors (Lipinski definition) is 7. The molecule has 0 unspecified atom stereocenters. The topological polar surface area (TPSA) is 106 Å². The highest BCUT2D eigenvalue weighted by atomic mass is 32.2. The monoisotopic (exact) mass is 507 g/mol. The van der Waals surface area contributed by atoms with E-state index < -0.39 is 34.1 Å². The molecule has 2 rings (SSSR count). The van der Waals surface area contributed by atoms with Crippen LogP contribution in [0.25, 0.3) is 0 Å². The van der Waals surface area contributed by atoms with Crippen LogP contribution in [0.5, 0.6) is 5.75 Å². The van der Waals surface area contributed by atoms with Gasteiger partial charge >= 0.3 is 5.97 Å². The molecule has 196 valence electrons. The molecule has 1 saturated heterocycles. The number of amides is 2. The van der Waals surface area contributed by atoms with E-state index in [0.29, 0.717) is 12.3 Å². The van der Waals surface area contributed by atoms with Crippen LogP contribution in [0.3, 0.4) is 0 Å². The van der Waals surface area contributed by atoms with E-state index in [-0.39, 0.29) is 12.5 Å². The average molecular weight is 508 g/mol. The van der Waals surface area contributed by atoms with E-state index >= 15 is 0 Å². The van der Waals surface area contributed by atoms with Crippen molar-refractivity contribution in [3.05, 3.63) is 30.3 Å². The van der Waals surface area contributed by atoms with Gasteiger partial charge < -0.3 is 20.1 Å². The van der Waals surface area contributed by atoms with Crippen LogP contribution < -0.4 is 20.7 Å². The van der Waals surface area contributed by atoms with Crippen LogP contribution in [0.2, 0.25) is 0 Å². The summed E-state index contributed by atoms with van der Waals surface area (Å²) in [5.41, 5.74) is 0. The molecule has 8 nitrogen and oxygen atoms in total. The van der Waals surface area contributed by atoms with Crippen molar-refractivity contribution in [1.82, 2.24) is 16.0 Å². The van der Waals surface area contributed by atoms with Gasteiger partial charge in [-0.3, -0.25) is 19.7 Å². The largest absolute Gasteiger partial charge is 0.484 e. The predicted molar refractivity (Wildman–Crippen MR) is 139 cm³/mol. The summed E-state index contributed by atoms with van der Waals surface area (Å²) in [6, 6.07) is 7.56. The van der Waals surface area contributed by atoms with Gasteiger partial charge in [0, 0.05) is 11.3 Å². The molecule has 1 aliphatic heterocycles. The lowest BCUT2D eigenvalue weighted by atomic mass is 10.0. The van der Waals surface area contributed by atoms with Gasteiger partial charge in [-0.15, -0.1) is 11.8 Å². The summed E-state index contributed by atoms with van der Waals surface area (Å²) in [6.07, 6.45) is 8.05. The fourth-order valence-electron chi connectivity index (χ4n) is 3.99. The van der Waals surface area contributed by atoms with Crippen LogP contribution in [0, 0.1) is 0 Å². The first-order valence-electron chi connectivity index (χ1n) is 12.5. The number of rotatable bonds is 15. The summed E-state index contributed by atoms with van der Waals surface area (Å²) in [5, 5.41) is 8.47. The van der Waals surface area contributed by atoms with Crippen LogP contribution in [-0.2, 0) is 19.1 Å². The zero-order valence-corrected chi connectivity index (χ0v) is 22.2. The lowest BCUT2D eigenvalue weighted by Crippen LogP contribution is -2.57. The van der Waals surface area contributed by atoms with Crippen molar-refractivity contribution >= 4 is 29.5 Å². The SMILES string of the molecule is CCCCCCCCCNC(=O)[C@H](NC(=O)COc1ccccc1)[C@@H]1N[C@H](C(=O)OC)C(C)(C)S1. The molecule has 1 heterocycles. The maximum absolute atomic E-state index is 13.1. The van der Waals surface area contributed by atoms with Crippen molar-refractivity contribution < 1.29 is 23.9 Å². The van der Waals surface area contributed by atoms with Crippen LogP contribution >= 0.6 is 11.8 Å². The molecule has 9 heteroatoms. The number of thioether (sulfide) groups is 1. The third-order valence-corrected chi connectivity index (χ3v) is 7.49. The molecule has 35 heavy (non-hydrogen) atoms.